The lowest BCUT2D eigenvalue weighted by Gasteiger charge is -2.17. The summed E-state index contributed by atoms with van der Waals surface area (Å²) in [7, 11) is 6.20. The van der Waals surface area contributed by atoms with E-state index in [0.717, 1.165) is 0 Å². The number of hydrogen-bond donors (Lipinski definition) is 1. The van der Waals surface area contributed by atoms with E-state index in [2.05, 4.69) is 5.32 Å². The van der Waals surface area contributed by atoms with E-state index in [1.807, 2.05) is 0 Å². The maximum atomic E-state index is 12.8. The number of nitrogens with zero attached hydrogens (tertiary/aromatic N) is 1. The number of carbonyl (C=O) groups excluding carboxylic acids is 2. The molecule has 0 radical (unpaired) electrons. The number of carbonyl (C=O) groups is 2. The lowest BCUT2D eigenvalue weighted by Crippen LogP contribution is -2.22. The number of amides is 2. The molecule has 0 atom stereocenters. The SMILES string of the molecule is COc1cc(C(=O)N(C)C)cc(NC(=O)c2cccc3c2OCO3)c1OC. The van der Waals surface area contributed by atoms with Crippen molar-refractivity contribution >= 4 is 17.5 Å². The van der Waals surface area contributed by atoms with Gasteiger partial charge in [-0.15, -0.1) is 0 Å². The van der Waals surface area contributed by atoms with Gasteiger partial charge in [-0.05, 0) is 24.3 Å². The number of fused-ring (bicyclic) bond motifs is 1. The molecule has 142 valence electrons. The molecule has 0 fully saturated rings. The molecule has 8 heteroatoms. The van der Waals surface area contributed by atoms with Gasteiger partial charge in [0.2, 0.25) is 6.79 Å². The van der Waals surface area contributed by atoms with E-state index in [1.165, 1.54) is 19.1 Å². The van der Waals surface area contributed by atoms with E-state index < -0.39 is 5.91 Å². The van der Waals surface area contributed by atoms with Gasteiger partial charge in [0, 0.05) is 19.7 Å². The molecule has 1 heterocycles. The topological polar surface area (TPSA) is 86.3 Å². The van der Waals surface area contributed by atoms with Crippen LogP contribution in [0.3, 0.4) is 0 Å². The van der Waals surface area contributed by atoms with E-state index in [0.29, 0.717) is 39.8 Å². The van der Waals surface area contributed by atoms with Crippen LogP contribution in [-0.4, -0.2) is 51.8 Å². The van der Waals surface area contributed by atoms with Crippen LogP contribution in [0.5, 0.6) is 23.0 Å². The van der Waals surface area contributed by atoms with Crippen LogP contribution in [0, 0.1) is 0 Å². The van der Waals surface area contributed by atoms with Crippen LogP contribution < -0.4 is 24.3 Å². The smallest absolute Gasteiger partial charge is 0.259 e. The Morgan fingerprint density at radius 3 is 2.56 bits per heavy atom. The van der Waals surface area contributed by atoms with Crippen LogP contribution in [0.15, 0.2) is 30.3 Å². The standard InChI is InChI=1S/C19H20N2O6/c1-21(2)19(23)11-8-13(17(25-4)15(9-11)24-3)20-18(22)12-6-5-7-14-16(12)27-10-26-14/h5-9H,10H2,1-4H3,(H,20,22). The van der Waals surface area contributed by atoms with Crippen molar-refractivity contribution in [2.24, 2.45) is 0 Å². The fourth-order valence-electron chi connectivity index (χ4n) is 2.74. The maximum Gasteiger partial charge on any atom is 0.259 e. The number of rotatable bonds is 5. The van der Waals surface area contributed by atoms with Gasteiger partial charge in [0.25, 0.3) is 11.8 Å². The Balaban J connectivity index is 2.00. The normalized spacial score (nSPS) is 11.7. The van der Waals surface area contributed by atoms with E-state index in [-0.39, 0.29) is 12.7 Å². The van der Waals surface area contributed by atoms with Gasteiger partial charge in [-0.25, -0.2) is 0 Å². The number of anilines is 1. The summed E-state index contributed by atoms with van der Waals surface area (Å²) in [5.74, 6) is 0.866. The van der Waals surface area contributed by atoms with Gasteiger partial charge < -0.3 is 29.2 Å². The molecule has 0 saturated carbocycles. The van der Waals surface area contributed by atoms with Crippen LogP contribution in [0.1, 0.15) is 20.7 Å². The Bertz CT molecular complexity index is 894. The number of ether oxygens (including phenoxy) is 4. The van der Waals surface area contributed by atoms with Crippen molar-refractivity contribution in [3.8, 4) is 23.0 Å². The average molecular weight is 372 g/mol. The molecule has 1 aliphatic rings. The second-order valence-electron chi connectivity index (χ2n) is 5.95. The van der Waals surface area contributed by atoms with Crippen molar-refractivity contribution in [3.63, 3.8) is 0 Å². The van der Waals surface area contributed by atoms with Crippen molar-refractivity contribution in [2.75, 3.05) is 40.4 Å². The van der Waals surface area contributed by atoms with Gasteiger partial charge in [-0.3, -0.25) is 9.59 Å². The fourth-order valence-corrected chi connectivity index (χ4v) is 2.74. The zero-order valence-corrected chi connectivity index (χ0v) is 15.5. The molecule has 2 aromatic carbocycles. The van der Waals surface area contributed by atoms with Gasteiger partial charge in [0.15, 0.2) is 23.0 Å². The molecule has 2 amide bonds. The minimum absolute atomic E-state index is 0.0591. The highest BCUT2D eigenvalue weighted by Gasteiger charge is 2.24. The number of benzene rings is 2. The third kappa shape index (κ3) is 3.46. The molecule has 3 rings (SSSR count). The van der Waals surface area contributed by atoms with Crippen molar-refractivity contribution in [1.29, 1.82) is 0 Å². The second-order valence-corrected chi connectivity index (χ2v) is 5.95. The number of para-hydroxylation sites is 1. The largest absolute Gasteiger partial charge is 0.493 e. The van der Waals surface area contributed by atoms with Gasteiger partial charge in [-0.1, -0.05) is 6.07 Å². The van der Waals surface area contributed by atoms with Crippen LogP contribution in [0.25, 0.3) is 0 Å². The summed E-state index contributed by atoms with van der Waals surface area (Å²) in [6, 6.07) is 8.16. The first kappa shape index (κ1) is 18.4. The van der Waals surface area contributed by atoms with E-state index >= 15 is 0 Å². The summed E-state index contributed by atoms with van der Waals surface area (Å²) in [6.45, 7) is 0.0591. The van der Waals surface area contributed by atoms with Gasteiger partial charge in [-0.2, -0.15) is 0 Å². The molecule has 1 aliphatic heterocycles. The zero-order valence-electron chi connectivity index (χ0n) is 15.5. The summed E-state index contributed by atoms with van der Waals surface area (Å²) in [6.07, 6.45) is 0. The molecule has 0 saturated heterocycles. The Morgan fingerprint density at radius 2 is 1.89 bits per heavy atom. The Kier molecular flexibility index (Phi) is 5.07. The Hall–Kier alpha value is -3.42. The van der Waals surface area contributed by atoms with E-state index in [1.54, 1.807) is 44.4 Å². The summed E-state index contributed by atoms with van der Waals surface area (Å²) in [5, 5.41) is 2.77. The van der Waals surface area contributed by atoms with Crippen molar-refractivity contribution in [3.05, 3.63) is 41.5 Å². The third-order valence-corrected chi connectivity index (χ3v) is 4.02. The first-order valence-corrected chi connectivity index (χ1v) is 8.14. The van der Waals surface area contributed by atoms with E-state index in [9.17, 15) is 9.59 Å². The highest BCUT2D eigenvalue weighted by atomic mass is 16.7. The average Bonchev–Trinajstić information content (AvgIpc) is 3.15. The minimum atomic E-state index is -0.424. The van der Waals surface area contributed by atoms with Crippen LogP contribution in [0.2, 0.25) is 0 Å². The Labute approximate surface area is 156 Å². The summed E-state index contributed by atoms with van der Waals surface area (Å²) in [5.41, 5.74) is 0.977. The molecule has 0 aliphatic carbocycles. The monoisotopic (exact) mass is 372 g/mol. The van der Waals surface area contributed by atoms with Crippen molar-refractivity contribution < 1.29 is 28.5 Å². The van der Waals surface area contributed by atoms with Crippen molar-refractivity contribution in [1.82, 2.24) is 4.90 Å². The molecule has 0 unspecified atom stereocenters. The van der Waals surface area contributed by atoms with Gasteiger partial charge in [0.05, 0.1) is 25.5 Å². The molecule has 0 aromatic heterocycles. The second kappa shape index (κ2) is 7.45. The number of nitrogens with one attached hydrogen (secondary N) is 1. The lowest BCUT2D eigenvalue weighted by molar-refractivity contribution is 0.0826. The van der Waals surface area contributed by atoms with Crippen LogP contribution in [0.4, 0.5) is 5.69 Å². The fraction of sp³-hybridized carbons (Fsp3) is 0.263. The molecule has 27 heavy (non-hydrogen) atoms. The van der Waals surface area contributed by atoms with Crippen molar-refractivity contribution in [2.45, 2.75) is 0 Å². The number of hydrogen-bond acceptors (Lipinski definition) is 6. The summed E-state index contributed by atoms with van der Waals surface area (Å²) >= 11 is 0. The van der Waals surface area contributed by atoms with Crippen LogP contribution in [-0.2, 0) is 0 Å². The molecule has 8 nitrogen and oxygen atoms in total. The maximum absolute atomic E-state index is 12.8. The molecular formula is C19H20N2O6. The predicted molar refractivity (Wildman–Crippen MR) is 98.1 cm³/mol. The number of methoxy groups -OCH3 is 2. The highest BCUT2D eigenvalue weighted by Crippen LogP contribution is 2.39. The first-order chi connectivity index (χ1) is 13.0. The molecule has 0 spiro atoms. The third-order valence-electron chi connectivity index (χ3n) is 4.02. The molecule has 0 bridgehead atoms. The first-order valence-electron chi connectivity index (χ1n) is 8.14. The molecule has 2 aromatic rings. The summed E-state index contributed by atoms with van der Waals surface area (Å²) in [4.78, 5) is 26.6. The van der Waals surface area contributed by atoms with Gasteiger partial charge >= 0.3 is 0 Å². The Morgan fingerprint density at radius 1 is 1.11 bits per heavy atom. The van der Waals surface area contributed by atoms with Gasteiger partial charge in [0.1, 0.15) is 0 Å². The molecule has 1 N–H and O–H groups in total. The highest BCUT2D eigenvalue weighted by molar-refractivity contribution is 6.08. The zero-order chi connectivity index (χ0) is 19.6. The predicted octanol–water partition coefficient (Wildman–Crippen LogP) is 2.39. The quantitative estimate of drug-likeness (QED) is 0.867. The summed E-state index contributed by atoms with van der Waals surface area (Å²) < 4.78 is 21.4. The minimum Gasteiger partial charge on any atom is -0.493 e. The van der Waals surface area contributed by atoms with E-state index in [4.69, 9.17) is 18.9 Å². The molecular weight excluding hydrogens is 352 g/mol. The van der Waals surface area contributed by atoms with Crippen LogP contribution >= 0.6 is 0 Å². The lowest BCUT2D eigenvalue weighted by atomic mass is 10.1.